The molecule has 2 N–H and O–H groups in total. The summed E-state index contributed by atoms with van der Waals surface area (Å²) in [7, 11) is 0. The molecular weight excluding hydrogens is 236 g/mol. The normalized spacial score (nSPS) is 10.0. The topological polar surface area (TPSA) is 41.1 Å². The molecule has 98 valence electrons. The van der Waals surface area contributed by atoms with Crippen LogP contribution in [0.25, 0.3) is 0 Å². The SMILES string of the molecule is Cc1cccc(NCC(=O)Nc2cccc(C)c2)c1. The Hall–Kier alpha value is -2.29. The van der Waals surface area contributed by atoms with Crippen LogP contribution in [0.3, 0.4) is 0 Å². The lowest BCUT2D eigenvalue weighted by Crippen LogP contribution is -2.21. The summed E-state index contributed by atoms with van der Waals surface area (Å²) in [5, 5.41) is 5.97. The molecule has 2 aromatic rings. The highest BCUT2D eigenvalue weighted by molar-refractivity contribution is 5.93. The standard InChI is InChI=1S/C16H18N2O/c1-12-5-3-7-14(9-12)17-11-16(19)18-15-8-4-6-13(2)10-15/h3-10,17H,11H2,1-2H3,(H,18,19). The van der Waals surface area contributed by atoms with Crippen LogP contribution in [0.2, 0.25) is 0 Å². The molecule has 0 aliphatic heterocycles. The Labute approximate surface area is 113 Å². The molecule has 2 rings (SSSR count). The Bertz CT molecular complexity index is 578. The zero-order valence-corrected chi connectivity index (χ0v) is 11.2. The first kappa shape index (κ1) is 13.1. The van der Waals surface area contributed by atoms with Crippen molar-refractivity contribution in [1.29, 1.82) is 0 Å². The second-order valence-electron chi connectivity index (χ2n) is 4.64. The minimum atomic E-state index is -0.0490. The summed E-state index contributed by atoms with van der Waals surface area (Å²) in [5.41, 5.74) is 4.09. The number of aryl methyl sites for hydroxylation is 2. The number of hydrogen-bond donors (Lipinski definition) is 2. The molecule has 0 spiro atoms. The summed E-state index contributed by atoms with van der Waals surface area (Å²) in [6, 6.07) is 15.7. The van der Waals surface area contributed by atoms with Crippen molar-refractivity contribution in [1.82, 2.24) is 0 Å². The average Bonchev–Trinajstić information content (AvgIpc) is 2.36. The third kappa shape index (κ3) is 4.14. The van der Waals surface area contributed by atoms with Gasteiger partial charge in [-0.3, -0.25) is 4.79 Å². The van der Waals surface area contributed by atoms with Crippen molar-refractivity contribution in [3.63, 3.8) is 0 Å². The first-order valence-corrected chi connectivity index (χ1v) is 6.30. The van der Waals surface area contributed by atoms with Gasteiger partial charge in [-0.1, -0.05) is 24.3 Å². The first-order valence-electron chi connectivity index (χ1n) is 6.30. The van der Waals surface area contributed by atoms with Crippen LogP contribution in [-0.2, 0) is 4.79 Å². The van der Waals surface area contributed by atoms with Gasteiger partial charge in [-0.05, 0) is 49.2 Å². The van der Waals surface area contributed by atoms with Crippen molar-refractivity contribution >= 4 is 17.3 Å². The number of nitrogens with one attached hydrogen (secondary N) is 2. The lowest BCUT2D eigenvalue weighted by molar-refractivity contribution is -0.114. The van der Waals surface area contributed by atoms with Gasteiger partial charge in [-0.2, -0.15) is 0 Å². The quantitative estimate of drug-likeness (QED) is 0.878. The van der Waals surface area contributed by atoms with Gasteiger partial charge >= 0.3 is 0 Å². The smallest absolute Gasteiger partial charge is 0.243 e. The Morgan fingerprint density at radius 1 is 0.947 bits per heavy atom. The van der Waals surface area contributed by atoms with Gasteiger partial charge in [0.1, 0.15) is 0 Å². The van der Waals surface area contributed by atoms with Crippen molar-refractivity contribution in [2.75, 3.05) is 17.2 Å². The average molecular weight is 254 g/mol. The Kier molecular flexibility index (Phi) is 4.18. The largest absolute Gasteiger partial charge is 0.376 e. The monoisotopic (exact) mass is 254 g/mol. The fraction of sp³-hybridized carbons (Fsp3) is 0.188. The van der Waals surface area contributed by atoms with Crippen LogP contribution in [0.5, 0.6) is 0 Å². The lowest BCUT2D eigenvalue weighted by Gasteiger charge is -2.08. The predicted octanol–water partition coefficient (Wildman–Crippen LogP) is 3.35. The highest BCUT2D eigenvalue weighted by atomic mass is 16.1. The number of carbonyl (C=O) groups is 1. The number of benzene rings is 2. The van der Waals surface area contributed by atoms with E-state index < -0.39 is 0 Å². The van der Waals surface area contributed by atoms with Gasteiger partial charge in [0.15, 0.2) is 0 Å². The molecule has 0 saturated heterocycles. The van der Waals surface area contributed by atoms with E-state index in [1.165, 1.54) is 5.56 Å². The van der Waals surface area contributed by atoms with E-state index in [0.29, 0.717) is 0 Å². The van der Waals surface area contributed by atoms with Crippen LogP contribution in [0.4, 0.5) is 11.4 Å². The second-order valence-corrected chi connectivity index (χ2v) is 4.64. The van der Waals surface area contributed by atoms with E-state index in [1.54, 1.807) is 0 Å². The third-order valence-corrected chi connectivity index (χ3v) is 2.77. The highest BCUT2D eigenvalue weighted by Crippen LogP contribution is 2.11. The molecule has 0 aliphatic rings. The fourth-order valence-corrected chi connectivity index (χ4v) is 1.87. The molecule has 0 bridgehead atoms. The zero-order chi connectivity index (χ0) is 13.7. The van der Waals surface area contributed by atoms with Crippen LogP contribution >= 0.6 is 0 Å². The molecule has 0 aromatic heterocycles. The Morgan fingerprint density at radius 2 is 1.53 bits per heavy atom. The van der Waals surface area contributed by atoms with Gasteiger partial charge in [-0.25, -0.2) is 0 Å². The minimum absolute atomic E-state index is 0.0490. The van der Waals surface area contributed by atoms with Crippen molar-refractivity contribution in [3.8, 4) is 0 Å². The first-order chi connectivity index (χ1) is 9.13. The maximum absolute atomic E-state index is 11.8. The van der Waals surface area contributed by atoms with Crippen LogP contribution in [0.15, 0.2) is 48.5 Å². The fourth-order valence-electron chi connectivity index (χ4n) is 1.87. The van der Waals surface area contributed by atoms with Gasteiger partial charge in [0, 0.05) is 11.4 Å². The molecule has 1 amide bonds. The Morgan fingerprint density at radius 3 is 2.16 bits per heavy atom. The zero-order valence-electron chi connectivity index (χ0n) is 11.2. The maximum atomic E-state index is 11.8. The third-order valence-electron chi connectivity index (χ3n) is 2.77. The molecular formula is C16H18N2O. The minimum Gasteiger partial charge on any atom is -0.376 e. The number of hydrogen-bond acceptors (Lipinski definition) is 2. The van der Waals surface area contributed by atoms with Crippen molar-refractivity contribution in [2.24, 2.45) is 0 Å². The van der Waals surface area contributed by atoms with E-state index >= 15 is 0 Å². The van der Waals surface area contributed by atoms with E-state index in [1.807, 2.05) is 62.4 Å². The number of anilines is 2. The van der Waals surface area contributed by atoms with E-state index in [9.17, 15) is 4.79 Å². The van der Waals surface area contributed by atoms with Gasteiger partial charge in [0.2, 0.25) is 5.91 Å². The van der Waals surface area contributed by atoms with Gasteiger partial charge in [0.05, 0.1) is 6.54 Å². The van der Waals surface area contributed by atoms with Gasteiger partial charge < -0.3 is 10.6 Å². The van der Waals surface area contributed by atoms with Crippen LogP contribution in [-0.4, -0.2) is 12.5 Å². The highest BCUT2D eigenvalue weighted by Gasteiger charge is 2.02. The maximum Gasteiger partial charge on any atom is 0.243 e. The van der Waals surface area contributed by atoms with Crippen LogP contribution < -0.4 is 10.6 Å². The number of carbonyl (C=O) groups excluding carboxylic acids is 1. The molecule has 3 heteroatoms. The molecule has 0 heterocycles. The van der Waals surface area contributed by atoms with E-state index in [-0.39, 0.29) is 12.5 Å². The second kappa shape index (κ2) is 6.05. The summed E-state index contributed by atoms with van der Waals surface area (Å²) >= 11 is 0. The molecule has 0 aliphatic carbocycles. The summed E-state index contributed by atoms with van der Waals surface area (Å²) < 4.78 is 0. The van der Waals surface area contributed by atoms with Crippen molar-refractivity contribution in [3.05, 3.63) is 59.7 Å². The van der Waals surface area contributed by atoms with E-state index in [0.717, 1.165) is 16.9 Å². The molecule has 0 fully saturated rings. The van der Waals surface area contributed by atoms with Crippen LogP contribution in [0.1, 0.15) is 11.1 Å². The molecule has 0 saturated carbocycles. The summed E-state index contributed by atoms with van der Waals surface area (Å²) in [6.45, 7) is 4.29. The van der Waals surface area contributed by atoms with Gasteiger partial charge in [0.25, 0.3) is 0 Å². The van der Waals surface area contributed by atoms with Crippen LogP contribution in [0, 0.1) is 13.8 Å². The van der Waals surface area contributed by atoms with E-state index in [4.69, 9.17) is 0 Å². The van der Waals surface area contributed by atoms with E-state index in [2.05, 4.69) is 10.6 Å². The lowest BCUT2D eigenvalue weighted by atomic mass is 10.2. The summed E-state index contributed by atoms with van der Waals surface area (Å²) in [5.74, 6) is -0.0490. The molecule has 0 unspecified atom stereocenters. The predicted molar refractivity (Wildman–Crippen MR) is 79.5 cm³/mol. The number of rotatable bonds is 4. The van der Waals surface area contributed by atoms with Crippen molar-refractivity contribution < 1.29 is 4.79 Å². The Balaban J connectivity index is 1.88. The summed E-state index contributed by atoms with van der Waals surface area (Å²) in [4.78, 5) is 11.8. The molecule has 3 nitrogen and oxygen atoms in total. The summed E-state index contributed by atoms with van der Waals surface area (Å²) in [6.07, 6.45) is 0. The van der Waals surface area contributed by atoms with Gasteiger partial charge in [-0.15, -0.1) is 0 Å². The molecule has 2 aromatic carbocycles. The number of amides is 1. The van der Waals surface area contributed by atoms with Crippen molar-refractivity contribution in [2.45, 2.75) is 13.8 Å². The molecule has 19 heavy (non-hydrogen) atoms. The molecule has 0 atom stereocenters. The molecule has 0 radical (unpaired) electrons.